The van der Waals surface area contributed by atoms with Crippen LogP contribution in [0, 0.1) is 39.3 Å². The molecular formula is C27H25ClF2N2O5. The van der Waals surface area contributed by atoms with Gasteiger partial charge in [0.05, 0.1) is 17.2 Å². The second-order valence-corrected chi connectivity index (χ2v) is 8.65. The normalized spacial score (nSPS) is 10.6. The van der Waals surface area contributed by atoms with Gasteiger partial charge in [-0.25, -0.2) is 18.4 Å². The predicted octanol–water partition coefficient (Wildman–Crippen LogP) is 6.78. The van der Waals surface area contributed by atoms with Gasteiger partial charge in [-0.15, -0.1) is 0 Å². The highest BCUT2D eigenvalue weighted by atomic mass is 35.5. The first-order chi connectivity index (χ1) is 17.4. The van der Waals surface area contributed by atoms with Gasteiger partial charge in [0.15, 0.2) is 0 Å². The molecule has 0 atom stereocenters. The number of halogens is 3. The van der Waals surface area contributed by atoms with Gasteiger partial charge in [0.25, 0.3) is 5.91 Å². The van der Waals surface area contributed by atoms with Crippen LogP contribution in [0.1, 0.15) is 49.9 Å². The summed E-state index contributed by atoms with van der Waals surface area (Å²) in [6.45, 7) is 8.87. The summed E-state index contributed by atoms with van der Waals surface area (Å²) in [5, 5.41) is 4.57. The summed E-state index contributed by atoms with van der Waals surface area (Å²) in [5.41, 5.74) is 2.16. The number of rotatable bonds is 6. The molecule has 37 heavy (non-hydrogen) atoms. The Morgan fingerprint density at radius 3 is 2.22 bits per heavy atom. The minimum Gasteiger partial charge on any atom is -0.462 e. The van der Waals surface area contributed by atoms with Crippen LogP contribution in [-0.2, 0) is 4.74 Å². The van der Waals surface area contributed by atoms with Crippen molar-refractivity contribution >= 4 is 35.2 Å². The van der Waals surface area contributed by atoms with E-state index in [0.717, 1.165) is 18.2 Å². The fourth-order valence-corrected chi connectivity index (χ4v) is 3.87. The lowest BCUT2D eigenvalue weighted by atomic mass is 10.0. The lowest BCUT2D eigenvalue weighted by molar-refractivity contribution is 0.0525. The maximum atomic E-state index is 13.8. The van der Waals surface area contributed by atoms with Gasteiger partial charge in [-0.2, -0.15) is 0 Å². The predicted molar refractivity (Wildman–Crippen MR) is 136 cm³/mol. The number of hydrogen-bond donors (Lipinski definition) is 2. The van der Waals surface area contributed by atoms with Gasteiger partial charge in [0, 0.05) is 5.69 Å². The van der Waals surface area contributed by atoms with Crippen LogP contribution in [0.5, 0.6) is 11.5 Å². The molecule has 0 heterocycles. The number of carbonyl (C=O) groups is 3. The minimum atomic E-state index is -1.23. The zero-order valence-electron chi connectivity index (χ0n) is 20.8. The molecule has 0 aromatic heterocycles. The number of hydrogen-bond acceptors (Lipinski definition) is 5. The highest BCUT2D eigenvalue weighted by Gasteiger charge is 2.21. The highest BCUT2D eigenvalue weighted by Crippen LogP contribution is 2.40. The molecule has 0 saturated heterocycles. The Bertz CT molecular complexity index is 1390. The Morgan fingerprint density at radius 2 is 1.59 bits per heavy atom. The molecule has 3 amide bonds. The van der Waals surface area contributed by atoms with Gasteiger partial charge in [-0.1, -0.05) is 17.7 Å². The van der Waals surface area contributed by atoms with Gasteiger partial charge in [-0.05, 0) is 87.2 Å². The van der Waals surface area contributed by atoms with E-state index in [1.54, 1.807) is 52.8 Å². The Hall–Kier alpha value is -3.98. The van der Waals surface area contributed by atoms with Crippen LogP contribution in [-0.4, -0.2) is 24.5 Å². The van der Waals surface area contributed by atoms with Gasteiger partial charge >= 0.3 is 12.0 Å². The molecule has 0 aliphatic rings. The van der Waals surface area contributed by atoms with Crippen molar-refractivity contribution in [3.63, 3.8) is 0 Å². The molecule has 3 aromatic carbocycles. The van der Waals surface area contributed by atoms with Crippen molar-refractivity contribution in [1.82, 2.24) is 5.32 Å². The van der Waals surface area contributed by atoms with E-state index < -0.39 is 35.1 Å². The summed E-state index contributed by atoms with van der Waals surface area (Å²) >= 11 is 6.56. The van der Waals surface area contributed by atoms with E-state index in [0.29, 0.717) is 39.3 Å². The molecule has 2 N–H and O–H groups in total. The number of anilines is 1. The molecule has 0 spiro atoms. The molecule has 0 aliphatic carbocycles. The fourth-order valence-electron chi connectivity index (χ4n) is 3.58. The summed E-state index contributed by atoms with van der Waals surface area (Å²) in [6.07, 6.45) is 0. The minimum absolute atomic E-state index is 0.202. The third kappa shape index (κ3) is 6.06. The number of nitrogens with one attached hydrogen (secondary N) is 2. The molecule has 0 unspecified atom stereocenters. The largest absolute Gasteiger partial charge is 0.462 e. The van der Waals surface area contributed by atoms with E-state index in [1.165, 1.54) is 0 Å². The van der Waals surface area contributed by atoms with Crippen molar-refractivity contribution in [2.75, 3.05) is 11.9 Å². The summed E-state index contributed by atoms with van der Waals surface area (Å²) in [5.74, 6) is -3.03. The molecule has 0 fully saturated rings. The molecule has 3 aromatic rings. The summed E-state index contributed by atoms with van der Waals surface area (Å²) in [6, 6.07) is 6.90. The van der Waals surface area contributed by atoms with Crippen molar-refractivity contribution in [2.45, 2.75) is 34.6 Å². The monoisotopic (exact) mass is 530 g/mol. The Kier molecular flexibility index (Phi) is 8.49. The molecule has 194 valence electrons. The molecule has 0 saturated carbocycles. The number of esters is 1. The van der Waals surface area contributed by atoms with Crippen LogP contribution in [0.25, 0.3) is 0 Å². The average molecular weight is 531 g/mol. The second-order valence-electron chi connectivity index (χ2n) is 8.27. The van der Waals surface area contributed by atoms with Gasteiger partial charge in [-0.3, -0.25) is 10.1 Å². The maximum absolute atomic E-state index is 13.8. The molecule has 3 rings (SSSR count). The molecule has 7 nitrogen and oxygen atoms in total. The van der Waals surface area contributed by atoms with E-state index in [9.17, 15) is 23.2 Å². The lowest BCUT2D eigenvalue weighted by Crippen LogP contribution is -2.35. The smallest absolute Gasteiger partial charge is 0.338 e. The highest BCUT2D eigenvalue weighted by molar-refractivity contribution is 6.33. The number of aryl methyl sites for hydroxylation is 3. The van der Waals surface area contributed by atoms with Crippen LogP contribution in [0.3, 0.4) is 0 Å². The van der Waals surface area contributed by atoms with E-state index in [2.05, 4.69) is 5.32 Å². The summed E-state index contributed by atoms with van der Waals surface area (Å²) in [4.78, 5) is 36.7. The number of benzene rings is 3. The second kappa shape index (κ2) is 11.4. The van der Waals surface area contributed by atoms with Crippen molar-refractivity contribution in [1.29, 1.82) is 0 Å². The number of amides is 3. The standard InChI is InChI=1S/C27H25ClF2N2O5/c1-6-36-26(34)17-10-14(3)21(12-13(17)2)37-24-15(4)11-20(16(5)23(24)28)31-27(35)32-25(33)22-18(29)8-7-9-19(22)30/h7-12H,6H2,1-5H3,(H2,31,32,33,35). The van der Waals surface area contributed by atoms with Gasteiger partial charge in [0.1, 0.15) is 28.7 Å². The SMILES string of the molecule is CCOC(=O)c1cc(C)c(Oc2c(C)cc(NC(=O)NC(=O)c3c(F)cccc3F)c(C)c2Cl)cc1C. The molecule has 0 aliphatic heterocycles. The first kappa shape index (κ1) is 27.6. The van der Waals surface area contributed by atoms with Crippen molar-refractivity contribution in [3.8, 4) is 11.5 Å². The van der Waals surface area contributed by atoms with Crippen LogP contribution in [0.15, 0.2) is 36.4 Å². The molecule has 0 radical (unpaired) electrons. The van der Waals surface area contributed by atoms with Crippen molar-refractivity contribution in [2.24, 2.45) is 0 Å². The van der Waals surface area contributed by atoms with E-state index in [-0.39, 0.29) is 17.3 Å². The van der Waals surface area contributed by atoms with Gasteiger partial charge in [0.2, 0.25) is 0 Å². The third-order valence-electron chi connectivity index (χ3n) is 5.55. The van der Waals surface area contributed by atoms with Crippen LogP contribution in [0.4, 0.5) is 19.3 Å². The van der Waals surface area contributed by atoms with Crippen molar-refractivity contribution in [3.05, 3.63) is 86.4 Å². The average Bonchev–Trinajstić information content (AvgIpc) is 2.81. The Morgan fingerprint density at radius 1 is 0.946 bits per heavy atom. The molecule has 0 bridgehead atoms. The number of urea groups is 1. The lowest BCUT2D eigenvalue weighted by Gasteiger charge is -2.18. The third-order valence-corrected chi connectivity index (χ3v) is 6.00. The maximum Gasteiger partial charge on any atom is 0.338 e. The molecular weight excluding hydrogens is 506 g/mol. The summed E-state index contributed by atoms with van der Waals surface area (Å²) < 4.78 is 38.8. The van der Waals surface area contributed by atoms with Crippen LogP contribution in [0.2, 0.25) is 5.02 Å². The number of imide groups is 1. The zero-order valence-corrected chi connectivity index (χ0v) is 21.6. The van der Waals surface area contributed by atoms with Crippen LogP contribution < -0.4 is 15.4 Å². The Labute approximate surface area is 217 Å². The topological polar surface area (TPSA) is 93.7 Å². The van der Waals surface area contributed by atoms with Crippen molar-refractivity contribution < 1.29 is 32.6 Å². The first-order valence-electron chi connectivity index (χ1n) is 11.3. The van der Waals surface area contributed by atoms with E-state index in [4.69, 9.17) is 21.1 Å². The zero-order chi connectivity index (χ0) is 27.4. The molecule has 10 heteroatoms. The van der Waals surface area contributed by atoms with E-state index in [1.807, 2.05) is 5.32 Å². The summed E-state index contributed by atoms with van der Waals surface area (Å²) in [7, 11) is 0. The van der Waals surface area contributed by atoms with Crippen LogP contribution >= 0.6 is 11.6 Å². The number of ether oxygens (including phenoxy) is 2. The van der Waals surface area contributed by atoms with Gasteiger partial charge < -0.3 is 14.8 Å². The first-order valence-corrected chi connectivity index (χ1v) is 11.6. The quantitative estimate of drug-likeness (QED) is 0.342. The van der Waals surface area contributed by atoms with E-state index >= 15 is 0 Å². The fraction of sp³-hybridized carbons (Fsp3) is 0.222. The Balaban J connectivity index is 1.82. The number of carbonyl (C=O) groups excluding carboxylic acids is 3.